The molecule has 0 aliphatic carbocycles. The number of urea groups is 1. The lowest BCUT2D eigenvalue weighted by molar-refractivity contribution is 0.156. The average molecular weight is 362 g/mol. The van der Waals surface area contributed by atoms with Crippen molar-refractivity contribution in [3.63, 3.8) is 0 Å². The van der Waals surface area contributed by atoms with E-state index in [1.54, 1.807) is 0 Å². The SMILES string of the molecule is CCNC(=O)N(Cc1cccn1Cc1cccc(Cl)c1)C(C)C(C)C. The molecule has 4 nitrogen and oxygen atoms in total. The first-order valence-electron chi connectivity index (χ1n) is 8.85. The van der Waals surface area contributed by atoms with E-state index >= 15 is 0 Å². The number of nitrogens with one attached hydrogen (secondary N) is 1. The van der Waals surface area contributed by atoms with Crippen LogP contribution in [0.3, 0.4) is 0 Å². The molecule has 1 aromatic carbocycles. The van der Waals surface area contributed by atoms with Gasteiger partial charge in [-0.1, -0.05) is 37.6 Å². The molecule has 0 saturated carbocycles. The molecule has 1 heterocycles. The maximum absolute atomic E-state index is 12.5. The summed E-state index contributed by atoms with van der Waals surface area (Å²) in [5.74, 6) is 0.388. The fourth-order valence-electron chi connectivity index (χ4n) is 2.77. The number of hydrogen-bond donors (Lipinski definition) is 1. The van der Waals surface area contributed by atoms with E-state index in [0.29, 0.717) is 19.0 Å². The smallest absolute Gasteiger partial charge is 0.317 e. The normalized spacial score (nSPS) is 12.2. The van der Waals surface area contributed by atoms with Crippen LogP contribution in [0.25, 0.3) is 0 Å². The Bertz CT molecular complexity index is 696. The summed E-state index contributed by atoms with van der Waals surface area (Å²) in [4.78, 5) is 14.4. The molecule has 5 heteroatoms. The summed E-state index contributed by atoms with van der Waals surface area (Å²) in [6, 6.07) is 12.1. The minimum Gasteiger partial charge on any atom is -0.345 e. The third kappa shape index (κ3) is 5.27. The van der Waals surface area contributed by atoms with Crippen LogP contribution in [0.2, 0.25) is 5.02 Å². The third-order valence-electron chi connectivity index (χ3n) is 4.54. The second-order valence-electron chi connectivity index (χ2n) is 6.71. The Balaban J connectivity index is 2.19. The monoisotopic (exact) mass is 361 g/mol. The van der Waals surface area contributed by atoms with Crippen molar-refractivity contribution in [1.29, 1.82) is 0 Å². The average Bonchev–Trinajstić information content (AvgIpc) is 2.99. The zero-order valence-electron chi connectivity index (χ0n) is 15.5. The Morgan fingerprint density at radius 3 is 2.64 bits per heavy atom. The van der Waals surface area contributed by atoms with Gasteiger partial charge in [0.15, 0.2) is 0 Å². The molecule has 2 aromatic rings. The number of benzene rings is 1. The van der Waals surface area contributed by atoms with Crippen LogP contribution in [0.1, 0.15) is 39.0 Å². The summed E-state index contributed by atoms with van der Waals surface area (Å²) in [7, 11) is 0. The summed E-state index contributed by atoms with van der Waals surface area (Å²) in [5.41, 5.74) is 2.25. The Kier molecular flexibility index (Phi) is 6.94. The molecule has 25 heavy (non-hydrogen) atoms. The number of carbonyl (C=O) groups is 1. The summed E-state index contributed by atoms with van der Waals surface area (Å²) >= 11 is 6.09. The lowest BCUT2D eigenvalue weighted by Crippen LogP contribution is -2.46. The van der Waals surface area contributed by atoms with Gasteiger partial charge in [0.1, 0.15) is 0 Å². The second kappa shape index (κ2) is 8.95. The van der Waals surface area contributed by atoms with Gasteiger partial charge in [-0.05, 0) is 49.6 Å². The van der Waals surface area contributed by atoms with E-state index in [1.165, 1.54) is 0 Å². The van der Waals surface area contributed by atoms with E-state index in [9.17, 15) is 4.79 Å². The molecule has 2 rings (SSSR count). The van der Waals surface area contributed by atoms with E-state index in [0.717, 1.165) is 22.8 Å². The van der Waals surface area contributed by atoms with E-state index in [-0.39, 0.29) is 12.1 Å². The number of amides is 2. The van der Waals surface area contributed by atoms with Gasteiger partial charge in [0.2, 0.25) is 0 Å². The highest BCUT2D eigenvalue weighted by molar-refractivity contribution is 6.30. The maximum atomic E-state index is 12.5. The fraction of sp³-hybridized carbons (Fsp3) is 0.450. The number of rotatable bonds is 7. The molecule has 1 aromatic heterocycles. The Hall–Kier alpha value is -1.94. The molecule has 1 unspecified atom stereocenters. The van der Waals surface area contributed by atoms with Crippen LogP contribution in [0.4, 0.5) is 4.79 Å². The molecule has 0 spiro atoms. The summed E-state index contributed by atoms with van der Waals surface area (Å²) < 4.78 is 2.17. The van der Waals surface area contributed by atoms with Crippen molar-refractivity contribution in [1.82, 2.24) is 14.8 Å². The molecular formula is C20H28ClN3O. The molecule has 1 N–H and O–H groups in total. The van der Waals surface area contributed by atoms with Crippen LogP contribution in [0, 0.1) is 5.92 Å². The van der Waals surface area contributed by atoms with Crippen LogP contribution < -0.4 is 5.32 Å². The van der Waals surface area contributed by atoms with Gasteiger partial charge in [-0.15, -0.1) is 0 Å². The minimum atomic E-state index is -0.0146. The highest BCUT2D eigenvalue weighted by Gasteiger charge is 2.23. The van der Waals surface area contributed by atoms with Gasteiger partial charge in [0.25, 0.3) is 0 Å². The van der Waals surface area contributed by atoms with Gasteiger partial charge in [-0.3, -0.25) is 0 Å². The zero-order valence-corrected chi connectivity index (χ0v) is 16.3. The van der Waals surface area contributed by atoms with E-state index in [1.807, 2.05) is 42.3 Å². The molecule has 136 valence electrons. The van der Waals surface area contributed by atoms with Crippen molar-refractivity contribution in [3.05, 3.63) is 58.9 Å². The molecule has 1 atom stereocenters. The van der Waals surface area contributed by atoms with Crippen LogP contribution in [-0.2, 0) is 13.1 Å². The van der Waals surface area contributed by atoms with E-state index in [4.69, 9.17) is 11.6 Å². The van der Waals surface area contributed by atoms with E-state index in [2.05, 4.69) is 42.8 Å². The quantitative estimate of drug-likeness (QED) is 0.758. The third-order valence-corrected chi connectivity index (χ3v) is 4.78. The van der Waals surface area contributed by atoms with Crippen LogP contribution in [-0.4, -0.2) is 28.1 Å². The first-order chi connectivity index (χ1) is 11.9. The first kappa shape index (κ1) is 19.4. The predicted molar refractivity (Wildman–Crippen MR) is 104 cm³/mol. The Labute approximate surface area is 155 Å². The Morgan fingerprint density at radius 2 is 2.00 bits per heavy atom. The molecule has 0 radical (unpaired) electrons. The second-order valence-corrected chi connectivity index (χ2v) is 7.14. The molecule has 0 aliphatic heterocycles. The molecule has 0 bridgehead atoms. The summed E-state index contributed by atoms with van der Waals surface area (Å²) in [6.07, 6.45) is 2.05. The van der Waals surface area contributed by atoms with Crippen LogP contribution >= 0.6 is 11.6 Å². The number of hydrogen-bond acceptors (Lipinski definition) is 1. The summed E-state index contributed by atoms with van der Waals surface area (Å²) in [5, 5.41) is 3.67. The zero-order chi connectivity index (χ0) is 18.4. The topological polar surface area (TPSA) is 37.3 Å². The van der Waals surface area contributed by atoms with Crippen molar-refractivity contribution in [2.75, 3.05) is 6.54 Å². The lowest BCUT2D eigenvalue weighted by Gasteiger charge is -2.32. The molecular weight excluding hydrogens is 334 g/mol. The molecule has 0 aliphatic rings. The van der Waals surface area contributed by atoms with Crippen LogP contribution in [0.5, 0.6) is 0 Å². The lowest BCUT2D eigenvalue weighted by atomic mass is 10.0. The maximum Gasteiger partial charge on any atom is 0.317 e. The van der Waals surface area contributed by atoms with Crippen LogP contribution in [0.15, 0.2) is 42.6 Å². The predicted octanol–water partition coefficient (Wildman–Crippen LogP) is 4.77. The number of nitrogens with zero attached hydrogens (tertiary/aromatic N) is 2. The van der Waals surface area contributed by atoms with Gasteiger partial charge in [0.05, 0.1) is 6.54 Å². The van der Waals surface area contributed by atoms with Gasteiger partial charge in [0, 0.05) is 36.0 Å². The van der Waals surface area contributed by atoms with Crippen molar-refractivity contribution in [3.8, 4) is 0 Å². The number of halogens is 1. The van der Waals surface area contributed by atoms with Crippen molar-refractivity contribution >= 4 is 17.6 Å². The fourth-order valence-corrected chi connectivity index (χ4v) is 2.98. The van der Waals surface area contributed by atoms with Crippen molar-refractivity contribution < 1.29 is 4.79 Å². The highest BCUT2D eigenvalue weighted by Crippen LogP contribution is 2.18. The largest absolute Gasteiger partial charge is 0.345 e. The van der Waals surface area contributed by atoms with Gasteiger partial charge < -0.3 is 14.8 Å². The minimum absolute atomic E-state index is 0.0146. The first-order valence-corrected chi connectivity index (χ1v) is 9.23. The number of aromatic nitrogens is 1. The molecule has 2 amide bonds. The Morgan fingerprint density at radius 1 is 1.24 bits per heavy atom. The molecule has 0 saturated heterocycles. The highest BCUT2D eigenvalue weighted by atomic mass is 35.5. The van der Waals surface area contributed by atoms with Crippen molar-refractivity contribution in [2.24, 2.45) is 5.92 Å². The summed E-state index contributed by atoms with van der Waals surface area (Å²) in [6.45, 7) is 10.3. The van der Waals surface area contributed by atoms with Gasteiger partial charge in [-0.2, -0.15) is 0 Å². The number of carbonyl (C=O) groups excluding carboxylic acids is 1. The van der Waals surface area contributed by atoms with Gasteiger partial charge >= 0.3 is 6.03 Å². The van der Waals surface area contributed by atoms with Crippen molar-refractivity contribution in [2.45, 2.75) is 46.8 Å². The standard InChI is InChI=1S/C20H28ClN3O/c1-5-22-20(25)24(16(4)15(2)3)14-19-10-7-11-23(19)13-17-8-6-9-18(21)12-17/h6-12,15-16H,5,13-14H2,1-4H3,(H,22,25). The van der Waals surface area contributed by atoms with Gasteiger partial charge in [-0.25, -0.2) is 4.79 Å². The molecule has 0 fully saturated rings. The van der Waals surface area contributed by atoms with E-state index < -0.39 is 0 Å².